The predicted molar refractivity (Wildman–Crippen MR) is 52.5 cm³/mol. The van der Waals surface area contributed by atoms with Crippen molar-refractivity contribution in [1.82, 2.24) is 9.78 Å². The summed E-state index contributed by atoms with van der Waals surface area (Å²) in [6.07, 6.45) is 2.37. The maximum absolute atomic E-state index is 9.75. The van der Waals surface area contributed by atoms with Crippen LogP contribution in [0.4, 0.5) is 0 Å². The second-order valence-corrected chi connectivity index (χ2v) is 3.34. The molecular formula is C10H18N2O. The molecule has 1 unspecified atom stereocenters. The van der Waals surface area contributed by atoms with Gasteiger partial charge >= 0.3 is 0 Å². The van der Waals surface area contributed by atoms with Gasteiger partial charge in [-0.15, -0.1) is 0 Å². The minimum atomic E-state index is -0.359. The van der Waals surface area contributed by atoms with Gasteiger partial charge in [-0.2, -0.15) is 5.10 Å². The number of aryl methyl sites for hydroxylation is 2. The fraction of sp³-hybridized carbons (Fsp3) is 0.700. The van der Waals surface area contributed by atoms with Gasteiger partial charge in [0.25, 0.3) is 0 Å². The third-order valence-electron chi connectivity index (χ3n) is 2.23. The van der Waals surface area contributed by atoms with Gasteiger partial charge in [-0.25, -0.2) is 0 Å². The first-order valence-corrected chi connectivity index (χ1v) is 4.89. The van der Waals surface area contributed by atoms with Gasteiger partial charge in [-0.3, -0.25) is 4.68 Å². The van der Waals surface area contributed by atoms with E-state index in [9.17, 15) is 5.11 Å². The SMILES string of the molecule is CCCC(O)c1cc(CC)nn1C. The van der Waals surface area contributed by atoms with Gasteiger partial charge in [-0.05, 0) is 18.9 Å². The smallest absolute Gasteiger partial charge is 0.0956 e. The number of aliphatic hydroxyl groups excluding tert-OH is 1. The molecule has 1 aromatic heterocycles. The van der Waals surface area contributed by atoms with Crippen molar-refractivity contribution in [2.24, 2.45) is 7.05 Å². The minimum Gasteiger partial charge on any atom is -0.387 e. The monoisotopic (exact) mass is 182 g/mol. The number of hydrogen-bond donors (Lipinski definition) is 1. The first-order valence-electron chi connectivity index (χ1n) is 4.89. The van der Waals surface area contributed by atoms with E-state index in [2.05, 4.69) is 18.9 Å². The Bertz CT molecular complexity index is 268. The molecule has 3 nitrogen and oxygen atoms in total. The van der Waals surface area contributed by atoms with Gasteiger partial charge in [0.05, 0.1) is 17.5 Å². The van der Waals surface area contributed by atoms with E-state index in [1.807, 2.05) is 13.1 Å². The van der Waals surface area contributed by atoms with Crippen molar-refractivity contribution in [1.29, 1.82) is 0 Å². The lowest BCUT2D eigenvalue weighted by Gasteiger charge is -2.08. The number of nitrogens with zero attached hydrogens (tertiary/aromatic N) is 2. The summed E-state index contributed by atoms with van der Waals surface area (Å²) in [6, 6.07) is 1.99. The first kappa shape index (κ1) is 10.3. The van der Waals surface area contributed by atoms with Crippen LogP contribution in [0.2, 0.25) is 0 Å². The zero-order valence-electron chi connectivity index (χ0n) is 8.62. The highest BCUT2D eigenvalue weighted by Gasteiger charge is 2.12. The van der Waals surface area contributed by atoms with Gasteiger partial charge in [0, 0.05) is 7.05 Å². The normalized spacial score (nSPS) is 13.2. The maximum Gasteiger partial charge on any atom is 0.0956 e. The van der Waals surface area contributed by atoms with Crippen LogP contribution < -0.4 is 0 Å². The molecule has 74 valence electrons. The molecule has 1 rings (SSSR count). The highest BCUT2D eigenvalue weighted by atomic mass is 16.3. The van der Waals surface area contributed by atoms with Gasteiger partial charge in [0.1, 0.15) is 0 Å². The second-order valence-electron chi connectivity index (χ2n) is 3.34. The van der Waals surface area contributed by atoms with Crippen LogP contribution in [0.15, 0.2) is 6.07 Å². The Kier molecular flexibility index (Phi) is 3.48. The average Bonchev–Trinajstić information content (AvgIpc) is 2.47. The van der Waals surface area contributed by atoms with Crippen LogP contribution in [0.1, 0.15) is 44.2 Å². The highest BCUT2D eigenvalue weighted by Crippen LogP contribution is 2.18. The predicted octanol–water partition coefficient (Wildman–Crippen LogP) is 1.82. The van der Waals surface area contributed by atoms with E-state index >= 15 is 0 Å². The largest absolute Gasteiger partial charge is 0.387 e. The molecule has 0 saturated heterocycles. The summed E-state index contributed by atoms with van der Waals surface area (Å²) >= 11 is 0. The Morgan fingerprint density at radius 3 is 2.69 bits per heavy atom. The van der Waals surface area contributed by atoms with E-state index in [1.165, 1.54) is 0 Å². The molecule has 0 fully saturated rings. The molecule has 3 heteroatoms. The zero-order valence-corrected chi connectivity index (χ0v) is 8.62. The van der Waals surface area contributed by atoms with Crippen molar-refractivity contribution in [2.45, 2.75) is 39.2 Å². The van der Waals surface area contributed by atoms with Gasteiger partial charge < -0.3 is 5.11 Å². The maximum atomic E-state index is 9.75. The Morgan fingerprint density at radius 2 is 2.23 bits per heavy atom. The van der Waals surface area contributed by atoms with Crippen LogP contribution in [-0.4, -0.2) is 14.9 Å². The molecule has 1 atom stereocenters. The van der Waals surface area contributed by atoms with Crippen LogP contribution in [0.25, 0.3) is 0 Å². The summed E-state index contributed by atoms with van der Waals surface area (Å²) < 4.78 is 1.78. The highest BCUT2D eigenvalue weighted by molar-refractivity contribution is 5.12. The molecule has 13 heavy (non-hydrogen) atoms. The number of hydrogen-bond acceptors (Lipinski definition) is 2. The quantitative estimate of drug-likeness (QED) is 0.771. The van der Waals surface area contributed by atoms with Crippen LogP contribution in [0, 0.1) is 0 Å². The molecule has 0 aliphatic heterocycles. The van der Waals surface area contributed by atoms with Crippen molar-refractivity contribution in [3.8, 4) is 0 Å². The molecule has 0 aliphatic rings. The lowest BCUT2D eigenvalue weighted by Crippen LogP contribution is -2.04. The summed E-state index contributed by atoms with van der Waals surface area (Å²) in [5, 5.41) is 14.0. The number of aliphatic hydroxyl groups is 1. The number of rotatable bonds is 4. The second kappa shape index (κ2) is 4.42. The summed E-state index contributed by atoms with van der Waals surface area (Å²) in [7, 11) is 1.88. The minimum absolute atomic E-state index is 0.359. The van der Waals surface area contributed by atoms with E-state index < -0.39 is 0 Å². The topological polar surface area (TPSA) is 38.1 Å². The van der Waals surface area contributed by atoms with Crippen molar-refractivity contribution in [2.75, 3.05) is 0 Å². The van der Waals surface area contributed by atoms with Gasteiger partial charge in [0.15, 0.2) is 0 Å². The van der Waals surface area contributed by atoms with Crippen LogP contribution in [-0.2, 0) is 13.5 Å². The molecule has 0 saturated carbocycles. The van der Waals surface area contributed by atoms with Gasteiger partial charge in [-0.1, -0.05) is 20.3 Å². The van der Waals surface area contributed by atoms with E-state index in [4.69, 9.17) is 0 Å². The Balaban J connectivity index is 2.80. The molecule has 0 amide bonds. The van der Waals surface area contributed by atoms with Crippen molar-refractivity contribution in [3.05, 3.63) is 17.5 Å². The molecule has 0 spiro atoms. The van der Waals surface area contributed by atoms with E-state index in [0.29, 0.717) is 0 Å². The third-order valence-corrected chi connectivity index (χ3v) is 2.23. The lowest BCUT2D eigenvalue weighted by molar-refractivity contribution is 0.157. The summed E-state index contributed by atoms with van der Waals surface area (Å²) in [5.74, 6) is 0. The molecule has 1 aromatic rings. The Morgan fingerprint density at radius 1 is 1.54 bits per heavy atom. The van der Waals surface area contributed by atoms with Crippen LogP contribution in [0.3, 0.4) is 0 Å². The Hall–Kier alpha value is -0.830. The molecule has 0 aliphatic carbocycles. The third kappa shape index (κ3) is 2.31. The van der Waals surface area contributed by atoms with Crippen molar-refractivity contribution >= 4 is 0 Å². The number of aromatic nitrogens is 2. The molecule has 0 radical (unpaired) electrons. The standard InChI is InChI=1S/C10H18N2O/c1-4-6-10(13)9-7-8(5-2)11-12(9)3/h7,10,13H,4-6H2,1-3H3. The Labute approximate surface area is 79.4 Å². The fourth-order valence-electron chi connectivity index (χ4n) is 1.45. The van der Waals surface area contributed by atoms with E-state index in [1.54, 1.807) is 4.68 Å². The fourth-order valence-corrected chi connectivity index (χ4v) is 1.45. The lowest BCUT2D eigenvalue weighted by atomic mass is 10.1. The van der Waals surface area contributed by atoms with Crippen molar-refractivity contribution in [3.63, 3.8) is 0 Å². The molecule has 1 heterocycles. The molecular weight excluding hydrogens is 164 g/mol. The molecule has 1 N–H and O–H groups in total. The summed E-state index contributed by atoms with van der Waals surface area (Å²) in [6.45, 7) is 4.14. The van der Waals surface area contributed by atoms with E-state index in [-0.39, 0.29) is 6.10 Å². The molecule has 0 aromatic carbocycles. The molecule has 0 bridgehead atoms. The zero-order chi connectivity index (χ0) is 9.84. The summed E-state index contributed by atoms with van der Waals surface area (Å²) in [4.78, 5) is 0. The first-order chi connectivity index (χ1) is 6.19. The average molecular weight is 182 g/mol. The van der Waals surface area contributed by atoms with Crippen molar-refractivity contribution < 1.29 is 5.11 Å². The van der Waals surface area contributed by atoms with E-state index in [0.717, 1.165) is 30.7 Å². The van der Waals surface area contributed by atoms with Gasteiger partial charge in [0.2, 0.25) is 0 Å². The summed E-state index contributed by atoms with van der Waals surface area (Å²) in [5.41, 5.74) is 1.98. The van der Waals surface area contributed by atoms with Crippen LogP contribution >= 0.6 is 0 Å². The van der Waals surface area contributed by atoms with Crippen LogP contribution in [0.5, 0.6) is 0 Å².